The van der Waals surface area contributed by atoms with Crippen molar-refractivity contribution in [3.05, 3.63) is 36.4 Å². The molecule has 26 heavy (non-hydrogen) atoms. The van der Waals surface area contributed by atoms with E-state index < -0.39 is 33.1 Å². The highest BCUT2D eigenvalue weighted by Crippen LogP contribution is 2.34. The maximum Gasteiger partial charge on any atom is 0.534 e. The van der Waals surface area contributed by atoms with Gasteiger partial charge in [0.1, 0.15) is 5.60 Å². The minimum atomic E-state index is -5.86. The fraction of sp³-hybridized carbons (Fsp3) is 0.312. The van der Waals surface area contributed by atoms with Crippen molar-refractivity contribution in [3.63, 3.8) is 0 Å². The third-order valence-corrected chi connectivity index (χ3v) is 3.92. The molecule has 2 aromatic rings. The lowest BCUT2D eigenvalue weighted by Gasteiger charge is -2.20. The van der Waals surface area contributed by atoms with Crippen molar-refractivity contribution in [1.29, 1.82) is 0 Å². The highest BCUT2D eigenvalue weighted by molar-refractivity contribution is 7.88. The first-order chi connectivity index (χ1) is 11.8. The first-order valence-electron chi connectivity index (χ1n) is 7.32. The van der Waals surface area contributed by atoms with Crippen LogP contribution in [-0.2, 0) is 14.9 Å². The van der Waals surface area contributed by atoms with E-state index in [0.717, 1.165) is 6.07 Å². The van der Waals surface area contributed by atoms with E-state index in [1.165, 1.54) is 24.3 Å². The van der Waals surface area contributed by atoms with Gasteiger partial charge in [0.25, 0.3) is 0 Å². The van der Waals surface area contributed by atoms with Crippen LogP contribution in [0.1, 0.15) is 20.8 Å². The standard InChI is InChI=1S/C16H16F3NO5S/c1-15(2,3)24-14(21)20-11-8-10-6-4-5-7-12(10)13(9-11)25-26(22,23)16(17,18)19/h4-9H,1-3H3,(H,20,21). The summed E-state index contributed by atoms with van der Waals surface area (Å²) >= 11 is 0. The Kier molecular flexibility index (Phi) is 5.09. The number of fused-ring (bicyclic) bond motifs is 1. The Hall–Kier alpha value is -2.49. The number of anilines is 1. The van der Waals surface area contributed by atoms with Crippen molar-refractivity contribution in [1.82, 2.24) is 0 Å². The summed E-state index contributed by atoms with van der Waals surface area (Å²) in [6, 6.07) is 8.47. The number of carbonyl (C=O) groups excluding carboxylic acids is 1. The predicted octanol–water partition coefficient (Wildman–Crippen LogP) is 4.42. The zero-order valence-corrected chi connectivity index (χ0v) is 14.9. The molecule has 0 atom stereocenters. The lowest BCUT2D eigenvalue weighted by molar-refractivity contribution is -0.0499. The summed E-state index contributed by atoms with van der Waals surface area (Å²) in [5.41, 5.74) is -6.35. The molecule has 6 nitrogen and oxygen atoms in total. The molecule has 0 spiro atoms. The fourth-order valence-corrected chi connectivity index (χ4v) is 2.47. The van der Waals surface area contributed by atoms with Gasteiger partial charge in [-0.25, -0.2) is 4.79 Å². The number of rotatable bonds is 3. The van der Waals surface area contributed by atoms with Crippen molar-refractivity contribution in [2.24, 2.45) is 0 Å². The highest BCUT2D eigenvalue weighted by Gasteiger charge is 2.48. The number of carbonyl (C=O) groups is 1. The second-order valence-electron chi connectivity index (χ2n) is 6.31. The van der Waals surface area contributed by atoms with E-state index >= 15 is 0 Å². The molecule has 0 bridgehead atoms. The number of amides is 1. The number of hydrogen-bond acceptors (Lipinski definition) is 5. The summed E-state index contributed by atoms with van der Waals surface area (Å²) in [5.74, 6) is -0.563. The lowest BCUT2D eigenvalue weighted by atomic mass is 10.1. The Morgan fingerprint density at radius 3 is 2.27 bits per heavy atom. The maximum absolute atomic E-state index is 12.6. The van der Waals surface area contributed by atoms with Gasteiger partial charge in [-0.2, -0.15) is 21.6 Å². The van der Waals surface area contributed by atoms with Crippen molar-refractivity contribution in [2.45, 2.75) is 31.9 Å². The molecule has 0 radical (unpaired) electrons. The zero-order chi connectivity index (χ0) is 19.8. The van der Waals surface area contributed by atoms with Gasteiger partial charge in [-0.1, -0.05) is 24.3 Å². The molecule has 0 aliphatic rings. The Labute approximate surface area is 148 Å². The van der Waals surface area contributed by atoms with Gasteiger partial charge in [0.2, 0.25) is 0 Å². The van der Waals surface area contributed by atoms with Crippen LogP contribution >= 0.6 is 0 Å². The second kappa shape index (κ2) is 6.67. The van der Waals surface area contributed by atoms with Crippen LogP contribution in [0, 0.1) is 0 Å². The molecule has 0 aliphatic carbocycles. The van der Waals surface area contributed by atoms with Crippen LogP contribution in [-0.4, -0.2) is 25.6 Å². The summed E-state index contributed by atoms with van der Waals surface area (Å²) in [7, 11) is -5.86. The summed E-state index contributed by atoms with van der Waals surface area (Å²) in [4.78, 5) is 11.8. The summed E-state index contributed by atoms with van der Waals surface area (Å²) in [6.45, 7) is 4.91. The van der Waals surface area contributed by atoms with Gasteiger partial charge < -0.3 is 8.92 Å². The second-order valence-corrected chi connectivity index (χ2v) is 7.84. The van der Waals surface area contributed by atoms with Crippen LogP contribution in [0.3, 0.4) is 0 Å². The zero-order valence-electron chi connectivity index (χ0n) is 14.0. The Balaban J connectivity index is 2.45. The first kappa shape index (κ1) is 19.8. The summed E-state index contributed by atoms with van der Waals surface area (Å²) in [6.07, 6.45) is -0.850. The summed E-state index contributed by atoms with van der Waals surface area (Å²) < 4.78 is 69.8. The van der Waals surface area contributed by atoms with Crippen LogP contribution in [0.5, 0.6) is 5.75 Å². The molecule has 0 fully saturated rings. The van der Waals surface area contributed by atoms with E-state index in [9.17, 15) is 26.4 Å². The van der Waals surface area contributed by atoms with Crippen molar-refractivity contribution >= 4 is 32.7 Å². The average Bonchev–Trinajstić information content (AvgIpc) is 2.43. The average molecular weight is 391 g/mol. The number of halogens is 3. The molecule has 0 aromatic heterocycles. The van der Waals surface area contributed by atoms with E-state index in [0.29, 0.717) is 5.39 Å². The van der Waals surface area contributed by atoms with Crippen LogP contribution in [0.15, 0.2) is 36.4 Å². The van der Waals surface area contributed by atoms with E-state index in [-0.39, 0.29) is 11.1 Å². The molecule has 0 saturated carbocycles. The van der Waals surface area contributed by atoms with Gasteiger partial charge in [-0.05, 0) is 32.2 Å². The number of hydrogen-bond donors (Lipinski definition) is 1. The number of nitrogens with one attached hydrogen (secondary N) is 1. The van der Waals surface area contributed by atoms with Gasteiger partial charge in [0.15, 0.2) is 5.75 Å². The van der Waals surface area contributed by atoms with Crippen molar-refractivity contribution in [2.75, 3.05) is 5.32 Å². The topological polar surface area (TPSA) is 81.7 Å². The molecule has 0 aliphatic heterocycles. The molecular weight excluding hydrogens is 375 g/mol. The van der Waals surface area contributed by atoms with Gasteiger partial charge >= 0.3 is 21.7 Å². The minimum Gasteiger partial charge on any atom is -0.444 e. The smallest absolute Gasteiger partial charge is 0.444 e. The molecule has 10 heteroatoms. The third kappa shape index (κ3) is 4.78. The number of alkyl halides is 3. The van der Waals surface area contributed by atoms with Gasteiger partial charge in [-0.3, -0.25) is 5.32 Å². The number of benzene rings is 2. The molecule has 1 amide bonds. The van der Waals surface area contributed by atoms with Crippen molar-refractivity contribution in [3.8, 4) is 5.75 Å². The molecule has 1 N–H and O–H groups in total. The Bertz CT molecular complexity index is 933. The van der Waals surface area contributed by atoms with E-state index in [4.69, 9.17) is 4.74 Å². The van der Waals surface area contributed by atoms with Gasteiger partial charge in [-0.15, -0.1) is 0 Å². The Morgan fingerprint density at radius 1 is 1.08 bits per heavy atom. The van der Waals surface area contributed by atoms with Crippen LogP contribution < -0.4 is 9.50 Å². The Morgan fingerprint density at radius 2 is 1.69 bits per heavy atom. The SMILES string of the molecule is CC(C)(C)OC(=O)Nc1cc(OS(=O)(=O)C(F)(F)F)c2ccccc2c1. The highest BCUT2D eigenvalue weighted by atomic mass is 32.2. The lowest BCUT2D eigenvalue weighted by Crippen LogP contribution is -2.28. The van der Waals surface area contributed by atoms with Crippen LogP contribution in [0.2, 0.25) is 0 Å². The van der Waals surface area contributed by atoms with Crippen LogP contribution in [0.25, 0.3) is 10.8 Å². The molecule has 2 rings (SSSR count). The maximum atomic E-state index is 12.6. The van der Waals surface area contributed by atoms with Gasteiger partial charge in [0, 0.05) is 17.1 Å². The third-order valence-electron chi connectivity index (χ3n) is 2.95. The van der Waals surface area contributed by atoms with Crippen LogP contribution in [0.4, 0.5) is 23.7 Å². The van der Waals surface area contributed by atoms with Crippen molar-refractivity contribution < 1.29 is 35.3 Å². The quantitative estimate of drug-likeness (QED) is 0.619. The number of ether oxygens (including phenoxy) is 1. The van der Waals surface area contributed by atoms with E-state index in [1.807, 2.05) is 0 Å². The largest absolute Gasteiger partial charge is 0.534 e. The summed E-state index contributed by atoms with van der Waals surface area (Å²) in [5, 5.41) is 2.84. The molecule has 0 unspecified atom stereocenters. The molecule has 0 heterocycles. The van der Waals surface area contributed by atoms with Gasteiger partial charge in [0.05, 0.1) is 0 Å². The first-order valence-corrected chi connectivity index (χ1v) is 8.73. The normalized spacial score (nSPS) is 12.7. The fourth-order valence-electron chi connectivity index (χ4n) is 2.00. The molecule has 142 valence electrons. The van der Waals surface area contributed by atoms with E-state index in [2.05, 4.69) is 9.50 Å². The predicted molar refractivity (Wildman–Crippen MR) is 89.4 cm³/mol. The molecule has 2 aromatic carbocycles. The van der Waals surface area contributed by atoms with E-state index in [1.54, 1.807) is 26.8 Å². The molecular formula is C16H16F3NO5S. The minimum absolute atomic E-state index is 0.0188. The monoisotopic (exact) mass is 391 g/mol. The molecule has 0 saturated heterocycles.